The minimum Gasteiger partial charge on any atom is -0.479 e. The van der Waals surface area contributed by atoms with Crippen LogP contribution in [0.3, 0.4) is 0 Å². The molecule has 0 amide bonds. The largest absolute Gasteiger partial charge is 0.479 e. The molecular formula is C59H98O12. The number of unbranched alkanes of at least 4 members (excludes halogenated alkanes) is 21. The lowest BCUT2D eigenvalue weighted by atomic mass is 9.98. The Hall–Kier alpha value is -3.84. The van der Waals surface area contributed by atoms with Crippen molar-refractivity contribution in [1.82, 2.24) is 0 Å². The minimum absolute atomic E-state index is 0.0166. The number of aliphatic hydroxyl groups excluding tert-OH is 2. The fourth-order valence-corrected chi connectivity index (χ4v) is 8.02. The molecule has 12 heteroatoms. The third kappa shape index (κ3) is 37.6. The fraction of sp³-hybridized carbons (Fsp3) is 0.729. The summed E-state index contributed by atoms with van der Waals surface area (Å²) < 4.78 is 28.2. The molecule has 0 aromatic heterocycles. The number of ether oxygens (including phenoxy) is 5. The van der Waals surface area contributed by atoms with Gasteiger partial charge in [-0.05, 0) is 70.6 Å². The molecule has 1 rings (SSSR count). The highest BCUT2D eigenvalue weighted by Gasteiger charge is 2.50. The summed E-state index contributed by atoms with van der Waals surface area (Å²) in [6, 6.07) is 0. The number of hydrogen-bond donors (Lipinski definition) is 3. The average molecular weight is 999 g/mol. The van der Waals surface area contributed by atoms with Crippen LogP contribution in [0.2, 0.25) is 0 Å². The molecule has 0 bridgehead atoms. The molecule has 1 fully saturated rings. The van der Waals surface area contributed by atoms with Crippen molar-refractivity contribution in [3.63, 3.8) is 0 Å². The molecule has 0 aromatic carbocycles. The normalized spacial score (nSPS) is 19.0. The lowest BCUT2D eigenvalue weighted by Gasteiger charge is -2.40. The number of aliphatic carboxylic acids is 1. The third-order valence-electron chi connectivity index (χ3n) is 12.3. The maximum Gasteiger partial charge on any atom is 0.335 e. The summed E-state index contributed by atoms with van der Waals surface area (Å²) in [7, 11) is 0. The molecule has 0 aliphatic carbocycles. The van der Waals surface area contributed by atoms with Gasteiger partial charge in [0.25, 0.3) is 0 Å². The molecule has 0 aromatic rings. The lowest BCUT2D eigenvalue weighted by molar-refractivity contribution is -0.301. The van der Waals surface area contributed by atoms with Crippen molar-refractivity contribution >= 4 is 23.9 Å². The second-order valence-electron chi connectivity index (χ2n) is 18.9. The predicted molar refractivity (Wildman–Crippen MR) is 285 cm³/mol. The van der Waals surface area contributed by atoms with Crippen LogP contribution < -0.4 is 0 Å². The van der Waals surface area contributed by atoms with E-state index in [4.69, 9.17) is 23.7 Å². The zero-order valence-electron chi connectivity index (χ0n) is 44.4. The number of aliphatic hydroxyl groups is 2. The maximum atomic E-state index is 13.1. The Kier molecular flexibility index (Phi) is 43.3. The van der Waals surface area contributed by atoms with E-state index in [0.29, 0.717) is 19.3 Å². The number of rotatable bonds is 46. The molecule has 3 N–H and O–H groups in total. The Morgan fingerprint density at radius 2 is 0.930 bits per heavy atom. The molecule has 1 saturated heterocycles. The second kappa shape index (κ2) is 47.2. The Balaban J connectivity index is 2.78. The van der Waals surface area contributed by atoms with Gasteiger partial charge in [-0.1, -0.05) is 209 Å². The first-order valence-corrected chi connectivity index (χ1v) is 27.9. The van der Waals surface area contributed by atoms with Crippen LogP contribution in [0, 0.1) is 0 Å². The van der Waals surface area contributed by atoms with Gasteiger partial charge in [-0.3, -0.25) is 14.4 Å². The summed E-state index contributed by atoms with van der Waals surface area (Å²) in [5.74, 6) is -3.29. The molecule has 0 saturated carbocycles. The Morgan fingerprint density at radius 3 is 1.41 bits per heavy atom. The smallest absolute Gasteiger partial charge is 0.335 e. The zero-order valence-corrected chi connectivity index (χ0v) is 44.4. The van der Waals surface area contributed by atoms with E-state index in [0.717, 1.165) is 89.9 Å². The number of carbonyl (C=O) groups excluding carboxylic acids is 3. The molecule has 1 heterocycles. The number of hydrogen-bond acceptors (Lipinski definition) is 11. The van der Waals surface area contributed by atoms with E-state index in [1.54, 1.807) is 6.08 Å². The first-order chi connectivity index (χ1) is 34.6. The minimum atomic E-state index is -1.91. The van der Waals surface area contributed by atoms with Gasteiger partial charge < -0.3 is 39.0 Å². The molecule has 12 nitrogen and oxygen atoms in total. The average Bonchev–Trinajstić information content (AvgIpc) is 3.35. The number of carboxylic acid groups (broad SMARTS) is 1. The zero-order chi connectivity index (χ0) is 51.8. The van der Waals surface area contributed by atoms with Crippen molar-refractivity contribution < 1.29 is 58.2 Å². The molecule has 0 spiro atoms. The lowest BCUT2D eigenvalue weighted by Crippen LogP contribution is -2.61. The maximum absolute atomic E-state index is 13.1. The SMILES string of the molecule is CC/C=C\C/C=C\C/C=C\C/C=C\C/C=C\CC(=O)OCC(COC1OC(C(=O)O)C(O)C(O)C1OC(=O)CCCCCCCCCCCCC)OC(=O)CCCCCCC/C=C\CCCCCCCC. The van der Waals surface area contributed by atoms with Gasteiger partial charge in [0.05, 0.1) is 13.0 Å². The van der Waals surface area contributed by atoms with Crippen LogP contribution in [-0.4, -0.2) is 89.2 Å². The Bertz CT molecular complexity index is 1510. The van der Waals surface area contributed by atoms with Gasteiger partial charge in [-0.25, -0.2) is 4.79 Å². The van der Waals surface area contributed by atoms with Gasteiger partial charge in [0.2, 0.25) is 0 Å². The van der Waals surface area contributed by atoms with Gasteiger partial charge in [-0.15, -0.1) is 0 Å². The molecule has 1 aliphatic rings. The van der Waals surface area contributed by atoms with Gasteiger partial charge in [0.15, 0.2) is 24.6 Å². The van der Waals surface area contributed by atoms with Gasteiger partial charge in [-0.2, -0.15) is 0 Å². The Labute approximate surface area is 429 Å². The molecule has 6 unspecified atom stereocenters. The first-order valence-electron chi connectivity index (χ1n) is 27.9. The summed E-state index contributed by atoms with van der Waals surface area (Å²) >= 11 is 0. The highest BCUT2D eigenvalue weighted by Crippen LogP contribution is 2.26. The van der Waals surface area contributed by atoms with E-state index in [1.165, 1.54) is 77.0 Å². The quantitative estimate of drug-likeness (QED) is 0.0228. The highest BCUT2D eigenvalue weighted by atomic mass is 16.7. The van der Waals surface area contributed by atoms with Crippen molar-refractivity contribution in [3.8, 4) is 0 Å². The summed E-state index contributed by atoms with van der Waals surface area (Å²) in [6.07, 6.45) is 46.3. The molecule has 1 aliphatic heterocycles. The fourth-order valence-electron chi connectivity index (χ4n) is 8.02. The van der Waals surface area contributed by atoms with Crippen molar-refractivity contribution in [1.29, 1.82) is 0 Å². The van der Waals surface area contributed by atoms with Crippen molar-refractivity contribution in [2.75, 3.05) is 13.2 Å². The molecule has 0 radical (unpaired) electrons. The number of allylic oxidation sites excluding steroid dienone is 11. The molecule has 71 heavy (non-hydrogen) atoms. The second-order valence-corrected chi connectivity index (χ2v) is 18.9. The summed E-state index contributed by atoms with van der Waals surface area (Å²) in [4.78, 5) is 50.9. The van der Waals surface area contributed by atoms with Crippen LogP contribution >= 0.6 is 0 Å². The molecule has 6 atom stereocenters. The van der Waals surface area contributed by atoms with Gasteiger partial charge >= 0.3 is 23.9 Å². The van der Waals surface area contributed by atoms with Crippen LogP contribution in [0.1, 0.15) is 226 Å². The van der Waals surface area contributed by atoms with E-state index in [-0.39, 0.29) is 25.9 Å². The monoisotopic (exact) mass is 999 g/mol. The number of carboxylic acids is 1. The van der Waals surface area contributed by atoms with Crippen LogP contribution in [0.15, 0.2) is 72.9 Å². The van der Waals surface area contributed by atoms with Crippen molar-refractivity contribution in [2.24, 2.45) is 0 Å². The topological polar surface area (TPSA) is 175 Å². The van der Waals surface area contributed by atoms with Crippen molar-refractivity contribution in [2.45, 2.75) is 263 Å². The Morgan fingerprint density at radius 1 is 0.493 bits per heavy atom. The standard InChI is InChI=1S/C59H98O12/c1-4-7-10-13-16-19-22-24-26-28-31-33-36-39-42-45-51(60)67-48-50(69-52(61)46-43-40-37-35-32-29-27-25-23-20-17-14-11-8-5-2)49-68-59-57(55(64)54(63)56(71-59)58(65)66)70-53(62)47-44-41-38-34-30-21-18-15-12-9-6-3/h7,10,16,19,24-27,31,33,39,42,50,54-57,59,63-64H,4-6,8-9,11-15,17-18,20-23,28-30,32,34-38,40-41,43-49H2,1-3H3,(H,65,66)/b10-7-,19-16-,26-24-,27-25-,33-31-,42-39-. The number of esters is 3. The van der Waals surface area contributed by atoms with Crippen LogP contribution in [0.25, 0.3) is 0 Å². The molecule has 406 valence electrons. The van der Waals surface area contributed by atoms with E-state index in [9.17, 15) is 34.5 Å². The summed E-state index contributed by atoms with van der Waals surface area (Å²) in [5.41, 5.74) is 0. The molecular weight excluding hydrogens is 901 g/mol. The van der Waals surface area contributed by atoms with Gasteiger partial charge in [0.1, 0.15) is 18.8 Å². The van der Waals surface area contributed by atoms with Crippen LogP contribution in [-0.2, 0) is 42.9 Å². The third-order valence-corrected chi connectivity index (χ3v) is 12.3. The van der Waals surface area contributed by atoms with E-state index >= 15 is 0 Å². The van der Waals surface area contributed by atoms with Crippen LogP contribution in [0.5, 0.6) is 0 Å². The van der Waals surface area contributed by atoms with Crippen molar-refractivity contribution in [3.05, 3.63) is 72.9 Å². The van der Waals surface area contributed by atoms with E-state index in [2.05, 4.69) is 75.5 Å². The number of carbonyl (C=O) groups is 4. The summed E-state index contributed by atoms with van der Waals surface area (Å²) in [5, 5.41) is 31.4. The highest BCUT2D eigenvalue weighted by molar-refractivity contribution is 5.74. The van der Waals surface area contributed by atoms with Gasteiger partial charge in [0, 0.05) is 12.8 Å². The predicted octanol–water partition coefficient (Wildman–Crippen LogP) is 13.8. The van der Waals surface area contributed by atoms with Crippen LogP contribution in [0.4, 0.5) is 0 Å². The summed E-state index contributed by atoms with van der Waals surface area (Å²) in [6.45, 7) is 5.75. The van der Waals surface area contributed by atoms with E-state index < -0.39 is 67.3 Å². The first kappa shape index (κ1) is 65.2. The van der Waals surface area contributed by atoms with E-state index in [1.807, 2.05) is 12.2 Å².